The summed E-state index contributed by atoms with van der Waals surface area (Å²) >= 11 is 1.29. The fourth-order valence-electron chi connectivity index (χ4n) is 1.51. The van der Waals surface area contributed by atoms with E-state index in [-0.39, 0.29) is 11.4 Å². The van der Waals surface area contributed by atoms with E-state index in [0.29, 0.717) is 4.88 Å². The van der Waals surface area contributed by atoms with Gasteiger partial charge in [0.05, 0.1) is 18.7 Å². The summed E-state index contributed by atoms with van der Waals surface area (Å²) in [7, 11) is -3.81. The normalized spacial score (nSPS) is 13.3. The number of hydrogen-bond acceptors (Lipinski definition) is 5. The van der Waals surface area contributed by atoms with Crippen molar-refractivity contribution in [1.29, 1.82) is 0 Å². The van der Waals surface area contributed by atoms with E-state index in [1.807, 2.05) is 0 Å². The Morgan fingerprint density at radius 2 is 2.32 bits per heavy atom. The van der Waals surface area contributed by atoms with Gasteiger partial charge in [0.2, 0.25) is 0 Å². The molecule has 0 aromatic carbocycles. The summed E-state index contributed by atoms with van der Waals surface area (Å²) in [4.78, 5) is 11.5. The molecule has 2 rings (SSSR count). The Bertz CT molecular complexity index is 634. The molecular formula is C10H11N3O4S2. The Hall–Kier alpha value is -1.71. The van der Waals surface area contributed by atoms with Crippen LogP contribution in [-0.2, 0) is 14.8 Å². The molecule has 0 saturated heterocycles. The lowest BCUT2D eigenvalue weighted by molar-refractivity contribution is -0.137. The molecule has 1 unspecified atom stereocenters. The lowest BCUT2D eigenvalue weighted by Gasteiger charge is -2.14. The lowest BCUT2D eigenvalue weighted by Crippen LogP contribution is -2.30. The first-order valence-corrected chi connectivity index (χ1v) is 7.62. The van der Waals surface area contributed by atoms with Crippen molar-refractivity contribution in [2.45, 2.75) is 17.5 Å². The Labute approximate surface area is 113 Å². The molecule has 3 N–H and O–H groups in total. The number of sulfonamides is 1. The van der Waals surface area contributed by atoms with Crippen LogP contribution < -0.4 is 4.72 Å². The van der Waals surface area contributed by atoms with Crippen molar-refractivity contribution in [2.24, 2.45) is 0 Å². The monoisotopic (exact) mass is 301 g/mol. The molecule has 2 heterocycles. The Morgan fingerprint density at radius 3 is 2.84 bits per heavy atom. The van der Waals surface area contributed by atoms with E-state index < -0.39 is 22.0 Å². The number of aromatic amines is 1. The first-order chi connectivity index (χ1) is 8.99. The minimum absolute atomic E-state index is 0.0977. The van der Waals surface area contributed by atoms with Gasteiger partial charge in [0, 0.05) is 4.88 Å². The number of carboxylic acid groups (broad SMARTS) is 1. The molecule has 1 atom stereocenters. The summed E-state index contributed by atoms with van der Waals surface area (Å²) in [5.41, 5.74) is 0. The minimum Gasteiger partial charge on any atom is -0.481 e. The molecule has 0 fully saturated rings. The fraction of sp³-hybridized carbons (Fsp3) is 0.200. The number of hydrogen-bond donors (Lipinski definition) is 3. The number of aliphatic carboxylic acids is 1. The maximum absolute atomic E-state index is 12.0. The summed E-state index contributed by atoms with van der Waals surface area (Å²) in [6.45, 7) is 0. The molecule has 0 radical (unpaired) electrons. The number of carbonyl (C=O) groups is 1. The van der Waals surface area contributed by atoms with Crippen LogP contribution in [0.4, 0.5) is 0 Å². The third-order valence-electron chi connectivity index (χ3n) is 2.33. The zero-order valence-electron chi connectivity index (χ0n) is 9.61. The first-order valence-electron chi connectivity index (χ1n) is 5.26. The topological polar surface area (TPSA) is 112 Å². The van der Waals surface area contributed by atoms with Crippen LogP contribution in [0.15, 0.2) is 34.8 Å². The average Bonchev–Trinajstić information content (AvgIpc) is 3.01. The van der Waals surface area contributed by atoms with E-state index in [9.17, 15) is 13.2 Å². The van der Waals surface area contributed by atoms with Crippen molar-refractivity contribution in [3.63, 3.8) is 0 Å². The van der Waals surface area contributed by atoms with E-state index in [1.165, 1.54) is 23.6 Å². The van der Waals surface area contributed by atoms with Crippen molar-refractivity contribution in [3.05, 3.63) is 34.7 Å². The quantitative estimate of drug-likeness (QED) is 0.736. The van der Waals surface area contributed by atoms with Crippen molar-refractivity contribution >= 4 is 27.3 Å². The Kier molecular flexibility index (Phi) is 3.98. The van der Waals surface area contributed by atoms with Crippen LogP contribution in [-0.4, -0.2) is 29.7 Å². The molecule has 0 saturated carbocycles. The maximum Gasteiger partial charge on any atom is 0.305 e. The van der Waals surface area contributed by atoms with Gasteiger partial charge in [-0.25, -0.2) is 13.1 Å². The highest BCUT2D eigenvalue weighted by molar-refractivity contribution is 7.89. The van der Waals surface area contributed by atoms with Gasteiger partial charge in [0.15, 0.2) is 5.03 Å². The summed E-state index contributed by atoms with van der Waals surface area (Å²) in [5, 5.41) is 16.4. The molecule has 9 heteroatoms. The van der Waals surface area contributed by atoms with Crippen LogP contribution in [0.3, 0.4) is 0 Å². The highest BCUT2D eigenvalue weighted by atomic mass is 32.2. The predicted molar refractivity (Wildman–Crippen MR) is 68.2 cm³/mol. The number of rotatable bonds is 6. The number of thiophene rings is 1. The standard InChI is InChI=1S/C10H11N3O4S2/c14-10(15)6-7(8-2-1-5-18-8)13-19(16,17)9-3-4-11-12-9/h1-5,7,13H,6H2,(H,11,12)(H,14,15). The molecule has 2 aromatic heterocycles. The van der Waals surface area contributed by atoms with Crippen LogP contribution in [0.5, 0.6) is 0 Å². The van der Waals surface area contributed by atoms with Crippen molar-refractivity contribution in [2.75, 3.05) is 0 Å². The second-order valence-corrected chi connectivity index (χ2v) is 6.37. The van der Waals surface area contributed by atoms with Crippen LogP contribution in [0, 0.1) is 0 Å². The fourth-order valence-corrected chi connectivity index (χ4v) is 3.49. The highest BCUT2D eigenvalue weighted by Gasteiger charge is 2.25. The number of nitrogens with one attached hydrogen (secondary N) is 2. The van der Waals surface area contributed by atoms with Gasteiger partial charge in [0.25, 0.3) is 10.0 Å². The molecular weight excluding hydrogens is 290 g/mol. The summed E-state index contributed by atoms with van der Waals surface area (Å²) in [6.07, 6.45) is 0.986. The van der Waals surface area contributed by atoms with Gasteiger partial charge in [-0.15, -0.1) is 11.3 Å². The molecule has 0 aliphatic rings. The lowest BCUT2D eigenvalue weighted by atomic mass is 10.2. The van der Waals surface area contributed by atoms with E-state index in [4.69, 9.17) is 5.11 Å². The third kappa shape index (κ3) is 3.40. The number of carboxylic acids is 1. The van der Waals surface area contributed by atoms with Crippen LogP contribution in [0.1, 0.15) is 17.3 Å². The molecule has 2 aromatic rings. The zero-order chi connectivity index (χ0) is 13.9. The van der Waals surface area contributed by atoms with Crippen molar-refractivity contribution in [1.82, 2.24) is 14.9 Å². The van der Waals surface area contributed by atoms with Crippen LogP contribution in [0.25, 0.3) is 0 Å². The van der Waals surface area contributed by atoms with Gasteiger partial charge in [-0.3, -0.25) is 9.89 Å². The smallest absolute Gasteiger partial charge is 0.305 e. The molecule has 102 valence electrons. The van der Waals surface area contributed by atoms with Crippen molar-refractivity contribution in [3.8, 4) is 0 Å². The molecule has 0 amide bonds. The molecule has 0 aliphatic carbocycles. The second-order valence-electron chi connectivity index (χ2n) is 3.71. The van der Waals surface area contributed by atoms with E-state index in [0.717, 1.165) is 0 Å². The number of H-pyrrole nitrogens is 1. The summed E-state index contributed by atoms with van der Waals surface area (Å²) in [6, 6.07) is 3.92. The molecule has 19 heavy (non-hydrogen) atoms. The highest BCUT2D eigenvalue weighted by Crippen LogP contribution is 2.23. The van der Waals surface area contributed by atoms with Gasteiger partial charge in [-0.2, -0.15) is 5.10 Å². The van der Waals surface area contributed by atoms with E-state index in [1.54, 1.807) is 17.5 Å². The third-order valence-corrected chi connectivity index (χ3v) is 4.71. The number of aromatic nitrogens is 2. The molecule has 0 bridgehead atoms. The van der Waals surface area contributed by atoms with Crippen LogP contribution in [0.2, 0.25) is 0 Å². The summed E-state index contributed by atoms with van der Waals surface area (Å²) in [5.74, 6) is -1.08. The molecule has 7 nitrogen and oxygen atoms in total. The average molecular weight is 301 g/mol. The Balaban J connectivity index is 2.24. The van der Waals surface area contributed by atoms with Gasteiger partial charge >= 0.3 is 5.97 Å². The maximum atomic E-state index is 12.0. The van der Waals surface area contributed by atoms with Gasteiger partial charge in [-0.05, 0) is 17.5 Å². The van der Waals surface area contributed by atoms with Gasteiger partial charge in [-0.1, -0.05) is 6.07 Å². The SMILES string of the molecule is O=C(O)CC(NS(=O)(=O)c1ccn[nH]1)c1cccs1. The predicted octanol–water partition coefficient (Wildman–Crippen LogP) is 0.965. The molecule has 0 aliphatic heterocycles. The number of nitrogens with zero attached hydrogens (tertiary/aromatic N) is 1. The minimum atomic E-state index is -3.81. The largest absolute Gasteiger partial charge is 0.481 e. The summed E-state index contributed by atoms with van der Waals surface area (Å²) < 4.78 is 26.4. The van der Waals surface area contributed by atoms with Crippen molar-refractivity contribution < 1.29 is 18.3 Å². The zero-order valence-corrected chi connectivity index (χ0v) is 11.2. The van der Waals surface area contributed by atoms with Crippen LogP contribution >= 0.6 is 11.3 Å². The Morgan fingerprint density at radius 1 is 1.53 bits per heavy atom. The van der Waals surface area contributed by atoms with E-state index >= 15 is 0 Å². The van der Waals surface area contributed by atoms with E-state index in [2.05, 4.69) is 14.9 Å². The van der Waals surface area contributed by atoms with Gasteiger partial charge in [0.1, 0.15) is 0 Å². The second kappa shape index (κ2) is 5.51. The molecule has 0 spiro atoms. The first kappa shape index (κ1) is 13.7. The van der Waals surface area contributed by atoms with Gasteiger partial charge < -0.3 is 5.11 Å².